The zero-order chi connectivity index (χ0) is 36.3. The van der Waals surface area contributed by atoms with E-state index in [0.717, 1.165) is 55.4 Å². The Balaban J connectivity index is 1.17. The third-order valence-corrected chi connectivity index (χ3v) is 12.0. The van der Waals surface area contributed by atoms with Crippen LogP contribution in [0.5, 0.6) is 0 Å². The highest BCUT2D eigenvalue weighted by atomic mass is 16.7. The predicted molar refractivity (Wildman–Crippen MR) is 224 cm³/mol. The van der Waals surface area contributed by atoms with E-state index in [1.54, 1.807) is 0 Å². The van der Waals surface area contributed by atoms with E-state index in [0.29, 0.717) is 0 Å². The molecule has 6 heteroatoms. The smallest absolute Gasteiger partial charge is 0.456 e. The number of fused-ring (bicyclic) bond motifs is 10. The van der Waals surface area contributed by atoms with Crippen LogP contribution in [0.2, 0.25) is 0 Å². The highest BCUT2D eigenvalue weighted by Crippen LogP contribution is 2.43. The number of hydrogen-bond acceptors (Lipinski definition) is 3. The van der Waals surface area contributed by atoms with E-state index < -0.39 is 18.3 Å². The number of nitrogens with zero attached hydrogens (tertiary/aromatic N) is 2. The van der Waals surface area contributed by atoms with E-state index in [-0.39, 0.29) is 0 Å². The van der Waals surface area contributed by atoms with Gasteiger partial charge in [-0.1, -0.05) is 91.0 Å². The SMILES string of the molecule is CC1(C)OB(c2cccc3oc4ccc(-c5ccc6c(c5)c5ccc7c8ccccc8n(-c8ccccc8)c7c5n6-c5ccccc5)cc4c23)OC1(C)C. The number of hydrogen-bond donors (Lipinski definition) is 0. The van der Waals surface area contributed by atoms with Crippen LogP contribution in [0.1, 0.15) is 27.7 Å². The maximum Gasteiger partial charge on any atom is 0.495 e. The number of furan rings is 1. The number of rotatable bonds is 4. The zero-order valence-corrected chi connectivity index (χ0v) is 30.6. The quantitative estimate of drug-likeness (QED) is 0.172. The summed E-state index contributed by atoms with van der Waals surface area (Å²) in [6, 6.07) is 54.4. The molecule has 11 rings (SSSR count). The summed E-state index contributed by atoms with van der Waals surface area (Å²) < 4.78 is 24.4. The molecule has 0 aliphatic carbocycles. The zero-order valence-electron chi connectivity index (χ0n) is 30.6. The number of para-hydroxylation sites is 3. The van der Waals surface area contributed by atoms with Gasteiger partial charge in [-0.3, -0.25) is 0 Å². The van der Waals surface area contributed by atoms with Crippen molar-refractivity contribution in [3.05, 3.63) is 152 Å². The van der Waals surface area contributed by atoms with Crippen molar-refractivity contribution in [1.82, 2.24) is 9.13 Å². The molecule has 0 amide bonds. The Bertz CT molecular complexity index is 3100. The normalized spacial score (nSPS) is 15.5. The van der Waals surface area contributed by atoms with Gasteiger partial charge in [0.05, 0.1) is 33.3 Å². The lowest BCUT2D eigenvalue weighted by Gasteiger charge is -2.32. The molecule has 1 fully saturated rings. The highest BCUT2D eigenvalue weighted by Gasteiger charge is 2.52. The first-order valence-corrected chi connectivity index (χ1v) is 18.7. The van der Waals surface area contributed by atoms with Crippen molar-refractivity contribution in [1.29, 1.82) is 0 Å². The van der Waals surface area contributed by atoms with Gasteiger partial charge in [-0.05, 0) is 105 Å². The molecule has 0 atom stereocenters. The van der Waals surface area contributed by atoms with Gasteiger partial charge in [0.15, 0.2) is 0 Å². The minimum absolute atomic E-state index is 0.445. The second-order valence-corrected chi connectivity index (χ2v) is 15.6. The summed E-state index contributed by atoms with van der Waals surface area (Å²) >= 11 is 0. The molecular weight excluding hydrogens is 663 g/mol. The highest BCUT2D eigenvalue weighted by molar-refractivity contribution is 6.66. The topological polar surface area (TPSA) is 41.5 Å². The fourth-order valence-corrected chi connectivity index (χ4v) is 8.62. The Morgan fingerprint density at radius 1 is 0.444 bits per heavy atom. The first kappa shape index (κ1) is 31.5. The summed E-state index contributed by atoms with van der Waals surface area (Å²) in [5, 5.41) is 6.97. The first-order chi connectivity index (χ1) is 26.3. The van der Waals surface area contributed by atoms with Crippen LogP contribution in [-0.4, -0.2) is 27.5 Å². The van der Waals surface area contributed by atoms with Crippen molar-refractivity contribution in [3.63, 3.8) is 0 Å². The molecule has 10 aromatic rings. The van der Waals surface area contributed by atoms with Crippen molar-refractivity contribution in [2.24, 2.45) is 0 Å². The standard InChI is InChI=1S/C48H37BN2O3/c1-47(2)48(3,4)54-49(53-47)39-19-13-21-43-44(39)38-29-31(23-27-42(38)52-43)30-22-26-41-37(28-30)36-25-24-35-34-18-11-12-20-40(34)50(32-14-7-5-8-15-32)45(35)46(36)51(41)33-16-9-6-10-17-33/h5-29H,1-4H3. The second kappa shape index (κ2) is 11.2. The molecule has 54 heavy (non-hydrogen) atoms. The molecule has 0 radical (unpaired) electrons. The van der Waals surface area contributed by atoms with E-state index in [1.165, 1.54) is 38.1 Å². The van der Waals surface area contributed by atoms with E-state index in [4.69, 9.17) is 13.7 Å². The summed E-state index contributed by atoms with van der Waals surface area (Å²) in [6.45, 7) is 8.37. The Morgan fingerprint density at radius 3 is 1.67 bits per heavy atom. The van der Waals surface area contributed by atoms with Crippen LogP contribution in [0.3, 0.4) is 0 Å². The van der Waals surface area contributed by atoms with Crippen LogP contribution in [0, 0.1) is 0 Å². The Kier molecular flexibility index (Phi) is 6.53. The molecular formula is C48H37BN2O3. The van der Waals surface area contributed by atoms with Gasteiger partial charge < -0.3 is 22.9 Å². The van der Waals surface area contributed by atoms with Crippen LogP contribution in [0.4, 0.5) is 0 Å². The molecule has 1 saturated heterocycles. The molecule has 0 spiro atoms. The lowest BCUT2D eigenvalue weighted by Crippen LogP contribution is -2.41. The average molecular weight is 701 g/mol. The van der Waals surface area contributed by atoms with Crippen LogP contribution < -0.4 is 5.46 Å². The summed E-state index contributed by atoms with van der Waals surface area (Å²) in [5.41, 5.74) is 11.0. The number of aromatic nitrogens is 2. The Hall–Kier alpha value is -6.08. The largest absolute Gasteiger partial charge is 0.495 e. The monoisotopic (exact) mass is 700 g/mol. The fourth-order valence-electron chi connectivity index (χ4n) is 8.62. The molecule has 0 unspecified atom stereocenters. The van der Waals surface area contributed by atoms with E-state index in [1.807, 2.05) is 12.1 Å². The Morgan fingerprint density at radius 2 is 1.00 bits per heavy atom. The molecule has 0 N–H and O–H groups in total. The lowest BCUT2D eigenvalue weighted by atomic mass is 9.76. The van der Waals surface area contributed by atoms with Gasteiger partial charge in [-0.15, -0.1) is 0 Å². The van der Waals surface area contributed by atoms with Crippen LogP contribution in [0.15, 0.2) is 156 Å². The van der Waals surface area contributed by atoms with E-state index >= 15 is 0 Å². The van der Waals surface area contributed by atoms with Crippen molar-refractivity contribution >= 4 is 78.1 Å². The average Bonchev–Trinajstić information content (AvgIpc) is 3.90. The number of benzene rings is 7. The Labute approximate surface area is 313 Å². The third kappa shape index (κ3) is 4.41. The summed E-state index contributed by atoms with van der Waals surface area (Å²) in [4.78, 5) is 0. The first-order valence-electron chi connectivity index (χ1n) is 18.7. The molecule has 1 aliphatic heterocycles. The molecule has 0 bridgehead atoms. The summed E-state index contributed by atoms with van der Waals surface area (Å²) in [5.74, 6) is 0. The summed E-state index contributed by atoms with van der Waals surface area (Å²) in [7, 11) is -0.494. The molecule has 7 aromatic carbocycles. The van der Waals surface area contributed by atoms with Crippen LogP contribution in [0.25, 0.3) is 88.1 Å². The van der Waals surface area contributed by atoms with Gasteiger partial charge in [-0.25, -0.2) is 0 Å². The van der Waals surface area contributed by atoms with Gasteiger partial charge >= 0.3 is 7.12 Å². The van der Waals surface area contributed by atoms with Gasteiger partial charge in [-0.2, -0.15) is 0 Å². The predicted octanol–water partition coefficient (Wildman–Crippen LogP) is 11.7. The molecule has 4 heterocycles. The molecule has 5 nitrogen and oxygen atoms in total. The van der Waals surface area contributed by atoms with Crippen molar-refractivity contribution in [2.75, 3.05) is 0 Å². The lowest BCUT2D eigenvalue weighted by molar-refractivity contribution is 0.00578. The van der Waals surface area contributed by atoms with Crippen LogP contribution in [-0.2, 0) is 9.31 Å². The van der Waals surface area contributed by atoms with Gasteiger partial charge in [0.1, 0.15) is 11.2 Å². The molecule has 3 aromatic heterocycles. The van der Waals surface area contributed by atoms with Gasteiger partial charge in [0.25, 0.3) is 0 Å². The van der Waals surface area contributed by atoms with E-state index in [9.17, 15) is 0 Å². The van der Waals surface area contributed by atoms with Crippen LogP contribution >= 0.6 is 0 Å². The fraction of sp³-hybridized carbons (Fsp3) is 0.125. The van der Waals surface area contributed by atoms with Crippen molar-refractivity contribution in [3.8, 4) is 22.5 Å². The minimum atomic E-state index is -0.494. The van der Waals surface area contributed by atoms with E-state index in [2.05, 4.69) is 176 Å². The maximum atomic E-state index is 6.54. The molecule has 0 saturated carbocycles. The van der Waals surface area contributed by atoms with Gasteiger partial charge in [0, 0.05) is 43.7 Å². The minimum Gasteiger partial charge on any atom is -0.456 e. The van der Waals surface area contributed by atoms with Crippen molar-refractivity contribution in [2.45, 2.75) is 38.9 Å². The van der Waals surface area contributed by atoms with Crippen molar-refractivity contribution < 1.29 is 13.7 Å². The maximum absolute atomic E-state index is 6.54. The third-order valence-electron chi connectivity index (χ3n) is 12.0. The second-order valence-electron chi connectivity index (χ2n) is 15.6. The summed E-state index contributed by atoms with van der Waals surface area (Å²) in [6.07, 6.45) is 0. The molecule has 1 aliphatic rings. The molecule has 260 valence electrons. The van der Waals surface area contributed by atoms with Gasteiger partial charge in [0.2, 0.25) is 0 Å².